The van der Waals surface area contributed by atoms with Crippen molar-refractivity contribution < 1.29 is 9.90 Å². The van der Waals surface area contributed by atoms with Crippen LogP contribution in [0.3, 0.4) is 0 Å². The standard InChI is InChI=1S/C15H28N4O2/c1-15(8-4-3-5-12(15)20)10-18-14(16-2)19-11-6-7-13(21)17-9-11/h11-12,20H,3-10H2,1-2H3,(H,17,21)(H2,16,18,19). The van der Waals surface area contributed by atoms with E-state index in [1.54, 1.807) is 7.05 Å². The van der Waals surface area contributed by atoms with Gasteiger partial charge in [-0.05, 0) is 19.3 Å². The van der Waals surface area contributed by atoms with E-state index >= 15 is 0 Å². The largest absolute Gasteiger partial charge is 0.392 e. The molecule has 6 heteroatoms. The molecule has 1 aliphatic heterocycles. The molecule has 0 aromatic heterocycles. The molecule has 1 amide bonds. The van der Waals surface area contributed by atoms with Crippen LogP contribution in [-0.4, -0.2) is 49.3 Å². The molecular weight excluding hydrogens is 268 g/mol. The van der Waals surface area contributed by atoms with E-state index in [0.29, 0.717) is 19.5 Å². The summed E-state index contributed by atoms with van der Waals surface area (Å²) in [5.41, 5.74) is -0.0867. The second kappa shape index (κ2) is 7.11. The average Bonchev–Trinajstić information content (AvgIpc) is 2.49. The van der Waals surface area contributed by atoms with Crippen molar-refractivity contribution in [1.82, 2.24) is 16.0 Å². The number of hydrogen-bond donors (Lipinski definition) is 4. The van der Waals surface area contributed by atoms with E-state index in [2.05, 4.69) is 27.9 Å². The SMILES string of the molecule is CN=C(NCC1(C)CCCCC1O)NC1CCC(=O)NC1. The van der Waals surface area contributed by atoms with Crippen molar-refractivity contribution in [2.45, 2.75) is 57.6 Å². The zero-order valence-electron chi connectivity index (χ0n) is 13.1. The Kier molecular flexibility index (Phi) is 5.45. The van der Waals surface area contributed by atoms with Crippen LogP contribution in [0.1, 0.15) is 45.4 Å². The van der Waals surface area contributed by atoms with Crippen molar-refractivity contribution >= 4 is 11.9 Å². The summed E-state index contributed by atoms with van der Waals surface area (Å²) in [5.74, 6) is 0.865. The van der Waals surface area contributed by atoms with Gasteiger partial charge in [0.25, 0.3) is 0 Å². The number of rotatable bonds is 3. The second-order valence-electron chi connectivity index (χ2n) is 6.53. The van der Waals surface area contributed by atoms with Gasteiger partial charge in [-0.1, -0.05) is 19.8 Å². The summed E-state index contributed by atoms with van der Waals surface area (Å²) in [7, 11) is 1.75. The average molecular weight is 296 g/mol. The molecule has 0 aromatic rings. The lowest BCUT2D eigenvalue weighted by Crippen LogP contribution is -2.53. The highest BCUT2D eigenvalue weighted by Gasteiger charge is 2.35. The number of carbonyl (C=O) groups is 1. The normalized spacial score (nSPS) is 34.2. The van der Waals surface area contributed by atoms with E-state index in [0.717, 1.165) is 31.6 Å². The molecule has 2 rings (SSSR count). The third kappa shape index (κ3) is 4.33. The smallest absolute Gasteiger partial charge is 0.220 e. The van der Waals surface area contributed by atoms with Gasteiger partial charge in [0, 0.05) is 38.0 Å². The van der Waals surface area contributed by atoms with Gasteiger partial charge >= 0.3 is 0 Å². The van der Waals surface area contributed by atoms with Crippen LogP contribution >= 0.6 is 0 Å². The van der Waals surface area contributed by atoms with Crippen molar-refractivity contribution in [3.63, 3.8) is 0 Å². The van der Waals surface area contributed by atoms with Crippen LogP contribution in [0.25, 0.3) is 0 Å². The number of carbonyl (C=O) groups excluding carboxylic acids is 1. The van der Waals surface area contributed by atoms with Crippen LogP contribution in [0.2, 0.25) is 0 Å². The van der Waals surface area contributed by atoms with Crippen molar-refractivity contribution in [1.29, 1.82) is 0 Å². The Balaban J connectivity index is 1.81. The summed E-state index contributed by atoms with van der Waals surface area (Å²) in [4.78, 5) is 15.4. The Morgan fingerprint density at radius 1 is 1.48 bits per heavy atom. The third-order valence-corrected chi connectivity index (χ3v) is 4.77. The van der Waals surface area contributed by atoms with Crippen LogP contribution in [0.15, 0.2) is 4.99 Å². The van der Waals surface area contributed by atoms with E-state index in [-0.39, 0.29) is 23.5 Å². The molecule has 4 N–H and O–H groups in total. The number of hydrogen-bond acceptors (Lipinski definition) is 3. The van der Waals surface area contributed by atoms with E-state index in [1.165, 1.54) is 6.42 Å². The molecule has 6 nitrogen and oxygen atoms in total. The van der Waals surface area contributed by atoms with Crippen molar-refractivity contribution in [2.24, 2.45) is 10.4 Å². The quantitative estimate of drug-likeness (QED) is 0.448. The summed E-state index contributed by atoms with van der Waals surface area (Å²) in [5, 5.41) is 19.7. The van der Waals surface area contributed by atoms with Crippen LogP contribution < -0.4 is 16.0 Å². The molecule has 1 saturated carbocycles. The topological polar surface area (TPSA) is 85.8 Å². The second-order valence-corrected chi connectivity index (χ2v) is 6.53. The minimum atomic E-state index is -0.245. The van der Waals surface area contributed by atoms with Crippen LogP contribution in [-0.2, 0) is 4.79 Å². The highest BCUT2D eigenvalue weighted by molar-refractivity contribution is 5.81. The highest BCUT2D eigenvalue weighted by Crippen LogP contribution is 2.35. The molecule has 21 heavy (non-hydrogen) atoms. The molecule has 2 fully saturated rings. The van der Waals surface area contributed by atoms with Crippen LogP contribution in [0, 0.1) is 5.41 Å². The minimum Gasteiger partial charge on any atom is -0.392 e. The maximum absolute atomic E-state index is 11.2. The van der Waals surface area contributed by atoms with Crippen molar-refractivity contribution in [2.75, 3.05) is 20.1 Å². The Morgan fingerprint density at radius 2 is 2.29 bits per heavy atom. The zero-order chi connectivity index (χ0) is 15.3. The number of aliphatic hydroxyl groups is 1. The Bertz CT molecular complexity index is 389. The summed E-state index contributed by atoms with van der Waals surface area (Å²) in [6.45, 7) is 3.49. The fraction of sp³-hybridized carbons (Fsp3) is 0.867. The van der Waals surface area contributed by atoms with E-state index in [1.807, 2.05) is 0 Å². The van der Waals surface area contributed by atoms with Gasteiger partial charge in [0.1, 0.15) is 0 Å². The molecule has 0 bridgehead atoms. The lowest BCUT2D eigenvalue weighted by Gasteiger charge is -2.39. The Morgan fingerprint density at radius 3 is 2.90 bits per heavy atom. The van der Waals surface area contributed by atoms with E-state index < -0.39 is 0 Å². The van der Waals surface area contributed by atoms with Crippen LogP contribution in [0.5, 0.6) is 0 Å². The molecule has 120 valence electrons. The predicted octanol–water partition coefficient (Wildman–Crippen LogP) is 0.371. The van der Waals surface area contributed by atoms with Gasteiger partial charge in [0.2, 0.25) is 5.91 Å². The monoisotopic (exact) mass is 296 g/mol. The molecule has 1 aliphatic carbocycles. The molecule has 2 aliphatic rings. The van der Waals surface area contributed by atoms with E-state index in [4.69, 9.17) is 0 Å². The summed E-state index contributed by atoms with van der Waals surface area (Å²) < 4.78 is 0. The molecule has 0 aromatic carbocycles. The number of nitrogens with zero attached hydrogens (tertiary/aromatic N) is 1. The number of nitrogens with one attached hydrogen (secondary N) is 3. The van der Waals surface area contributed by atoms with Gasteiger partial charge in [-0.25, -0.2) is 0 Å². The molecular formula is C15H28N4O2. The summed E-state index contributed by atoms with van der Waals surface area (Å²) >= 11 is 0. The lowest BCUT2D eigenvalue weighted by molar-refractivity contribution is -0.122. The Hall–Kier alpha value is -1.30. The van der Waals surface area contributed by atoms with Crippen LogP contribution in [0.4, 0.5) is 0 Å². The van der Waals surface area contributed by atoms with Gasteiger partial charge in [-0.15, -0.1) is 0 Å². The van der Waals surface area contributed by atoms with Gasteiger partial charge in [0.05, 0.1) is 6.10 Å². The van der Waals surface area contributed by atoms with Gasteiger partial charge in [-0.2, -0.15) is 0 Å². The third-order valence-electron chi connectivity index (χ3n) is 4.77. The molecule has 0 radical (unpaired) electrons. The van der Waals surface area contributed by atoms with E-state index in [9.17, 15) is 9.90 Å². The number of aliphatic hydroxyl groups excluding tert-OH is 1. The zero-order valence-corrected chi connectivity index (χ0v) is 13.1. The molecule has 0 spiro atoms. The lowest BCUT2D eigenvalue weighted by atomic mass is 9.73. The number of aliphatic imine (C=N–C) groups is 1. The number of guanidine groups is 1. The first kappa shape index (κ1) is 16.1. The van der Waals surface area contributed by atoms with Crippen molar-refractivity contribution in [3.8, 4) is 0 Å². The Labute approximate surface area is 126 Å². The first-order valence-electron chi connectivity index (χ1n) is 7.95. The number of amides is 1. The molecule has 3 atom stereocenters. The molecule has 1 saturated heterocycles. The fourth-order valence-electron chi connectivity index (χ4n) is 3.12. The maximum atomic E-state index is 11.2. The number of piperidine rings is 1. The van der Waals surface area contributed by atoms with Gasteiger partial charge in [-0.3, -0.25) is 9.79 Å². The minimum absolute atomic E-state index is 0.0867. The van der Waals surface area contributed by atoms with Gasteiger partial charge in [0.15, 0.2) is 5.96 Å². The summed E-state index contributed by atoms with van der Waals surface area (Å²) in [6.07, 6.45) is 5.36. The maximum Gasteiger partial charge on any atom is 0.220 e. The fourth-order valence-corrected chi connectivity index (χ4v) is 3.12. The first-order valence-corrected chi connectivity index (χ1v) is 7.95. The van der Waals surface area contributed by atoms with Gasteiger partial charge < -0.3 is 21.1 Å². The molecule has 1 heterocycles. The first-order chi connectivity index (χ1) is 10.0. The van der Waals surface area contributed by atoms with Crippen molar-refractivity contribution in [3.05, 3.63) is 0 Å². The highest BCUT2D eigenvalue weighted by atomic mass is 16.3. The predicted molar refractivity (Wildman–Crippen MR) is 83.1 cm³/mol. The molecule has 3 unspecified atom stereocenters. The summed E-state index contributed by atoms with van der Waals surface area (Å²) in [6, 6.07) is 0.220.